The van der Waals surface area contributed by atoms with Crippen LogP contribution in [-0.2, 0) is 16.0 Å². The molecule has 4 N–H and O–H groups in total. The first-order valence-electron chi connectivity index (χ1n) is 13.7. The normalized spacial score (nSPS) is 32.4. The minimum Gasteiger partial charge on any atom is -0.373 e. The summed E-state index contributed by atoms with van der Waals surface area (Å²) in [7, 11) is 2.14. The van der Waals surface area contributed by atoms with Gasteiger partial charge in [-0.2, -0.15) is 0 Å². The summed E-state index contributed by atoms with van der Waals surface area (Å²) in [5.74, 6) is 1.12. The van der Waals surface area contributed by atoms with Crippen LogP contribution in [0.4, 0.5) is 5.69 Å². The maximum Gasteiger partial charge on any atom is 0.243 e. The summed E-state index contributed by atoms with van der Waals surface area (Å²) in [6.45, 7) is 8.57. The Morgan fingerprint density at radius 2 is 1.83 bits per heavy atom. The summed E-state index contributed by atoms with van der Waals surface area (Å²) >= 11 is 0. The monoisotopic (exact) mass is 481 g/mol. The molecule has 3 aliphatic heterocycles. The van der Waals surface area contributed by atoms with E-state index in [2.05, 4.69) is 72.2 Å². The number of hydrogen-bond acceptors (Lipinski definition) is 5. The molecule has 6 atom stereocenters. The predicted octanol–water partition coefficient (Wildman–Crippen LogP) is 2.44. The average molecular weight is 482 g/mol. The van der Waals surface area contributed by atoms with Crippen LogP contribution >= 0.6 is 0 Å². The fourth-order valence-corrected chi connectivity index (χ4v) is 6.52. The van der Waals surface area contributed by atoms with Crippen molar-refractivity contribution < 1.29 is 9.59 Å². The van der Waals surface area contributed by atoms with E-state index in [1.807, 2.05) is 0 Å². The molecule has 192 valence electrons. The number of carbonyl (C=O) groups is 2. The minimum atomic E-state index is -0.211. The summed E-state index contributed by atoms with van der Waals surface area (Å²) in [4.78, 5) is 28.8. The van der Waals surface area contributed by atoms with Gasteiger partial charge in [0.2, 0.25) is 11.8 Å². The predicted molar refractivity (Wildman–Crippen MR) is 139 cm³/mol. The van der Waals surface area contributed by atoms with Crippen LogP contribution in [0.1, 0.15) is 57.1 Å². The van der Waals surface area contributed by atoms with Gasteiger partial charge in [-0.05, 0) is 89.1 Å². The number of likely N-dealkylation sites (tertiary alicyclic amines) is 1. The molecule has 7 nitrogen and oxygen atoms in total. The van der Waals surface area contributed by atoms with Crippen molar-refractivity contribution in [2.45, 2.75) is 89.5 Å². The summed E-state index contributed by atoms with van der Waals surface area (Å²) < 4.78 is 0. The van der Waals surface area contributed by atoms with Gasteiger partial charge in [-0.15, -0.1) is 0 Å². The van der Waals surface area contributed by atoms with Crippen molar-refractivity contribution in [3.05, 3.63) is 29.3 Å². The van der Waals surface area contributed by atoms with Gasteiger partial charge in [-0.25, -0.2) is 0 Å². The Bertz CT molecular complexity index is 939. The van der Waals surface area contributed by atoms with Crippen molar-refractivity contribution in [3.8, 4) is 0 Å². The number of nitrogens with zero attached hydrogens (tertiary/aromatic N) is 1. The lowest BCUT2D eigenvalue weighted by atomic mass is 9.77. The van der Waals surface area contributed by atoms with E-state index < -0.39 is 0 Å². The van der Waals surface area contributed by atoms with Gasteiger partial charge in [0.05, 0.1) is 5.92 Å². The highest BCUT2D eigenvalue weighted by molar-refractivity contribution is 5.88. The maximum atomic E-state index is 13.3. The zero-order chi connectivity index (χ0) is 24.7. The van der Waals surface area contributed by atoms with E-state index in [4.69, 9.17) is 0 Å². The zero-order valence-electron chi connectivity index (χ0n) is 21.8. The lowest BCUT2D eigenvalue weighted by Gasteiger charge is -2.44. The number of fused-ring (bicyclic) bond motifs is 1. The lowest BCUT2D eigenvalue weighted by Crippen LogP contribution is -2.63. The zero-order valence-corrected chi connectivity index (χ0v) is 21.8. The first kappa shape index (κ1) is 24.6. The molecule has 1 aliphatic carbocycles. The molecule has 5 rings (SSSR count). The van der Waals surface area contributed by atoms with Crippen molar-refractivity contribution in [1.82, 2.24) is 20.9 Å². The van der Waals surface area contributed by atoms with Crippen LogP contribution in [0.3, 0.4) is 0 Å². The van der Waals surface area contributed by atoms with E-state index in [9.17, 15) is 9.59 Å². The first-order valence-corrected chi connectivity index (χ1v) is 13.7. The Balaban J connectivity index is 1.19. The highest BCUT2D eigenvalue weighted by Gasteiger charge is 2.46. The van der Waals surface area contributed by atoms with Crippen LogP contribution < -0.4 is 21.3 Å². The Kier molecular flexibility index (Phi) is 7.09. The molecule has 2 amide bonds. The fourth-order valence-electron chi connectivity index (χ4n) is 6.52. The van der Waals surface area contributed by atoms with Crippen LogP contribution in [-0.4, -0.2) is 67.1 Å². The SMILES string of the molecule is Cc1cccc2c1NC(C(=O)NC(C1CC1)C1NC(C)C(C(=O)NC3CCN(C)CC3)CC1C)C2. The summed E-state index contributed by atoms with van der Waals surface area (Å²) in [6, 6.07) is 6.76. The molecule has 35 heavy (non-hydrogen) atoms. The Morgan fingerprint density at radius 3 is 2.51 bits per heavy atom. The number of benzene rings is 1. The van der Waals surface area contributed by atoms with Gasteiger partial charge >= 0.3 is 0 Å². The number of rotatable bonds is 6. The summed E-state index contributed by atoms with van der Waals surface area (Å²) in [5.41, 5.74) is 3.54. The van der Waals surface area contributed by atoms with Crippen molar-refractivity contribution in [1.29, 1.82) is 0 Å². The molecule has 1 aromatic carbocycles. The van der Waals surface area contributed by atoms with Crippen molar-refractivity contribution >= 4 is 17.5 Å². The highest BCUT2D eigenvalue weighted by Crippen LogP contribution is 2.39. The second-order valence-electron chi connectivity index (χ2n) is 11.8. The Morgan fingerprint density at radius 1 is 1.09 bits per heavy atom. The maximum absolute atomic E-state index is 13.3. The molecule has 2 saturated heterocycles. The summed E-state index contributed by atoms with van der Waals surface area (Å²) in [5, 5.41) is 14.0. The molecule has 0 spiro atoms. The van der Waals surface area contributed by atoms with Gasteiger partial charge < -0.3 is 26.2 Å². The molecule has 3 fully saturated rings. The lowest BCUT2D eigenvalue weighted by molar-refractivity contribution is -0.129. The number of piperidine rings is 2. The first-order chi connectivity index (χ1) is 16.8. The van der Waals surface area contributed by atoms with Crippen molar-refractivity contribution in [3.63, 3.8) is 0 Å². The molecule has 0 bridgehead atoms. The summed E-state index contributed by atoms with van der Waals surface area (Å²) in [6.07, 6.45) is 6.00. The topological polar surface area (TPSA) is 85.5 Å². The van der Waals surface area contributed by atoms with Crippen LogP contribution in [0.15, 0.2) is 18.2 Å². The molecule has 6 unspecified atom stereocenters. The highest BCUT2D eigenvalue weighted by atomic mass is 16.2. The third-order valence-electron chi connectivity index (χ3n) is 8.94. The number of para-hydroxylation sites is 1. The van der Waals surface area contributed by atoms with E-state index in [0.29, 0.717) is 17.9 Å². The van der Waals surface area contributed by atoms with Gasteiger partial charge in [-0.3, -0.25) is 9.59 Å². The standard InChI is InChI=1S/C28H43N5O2/c1-16-6-5-7-20-15-23(31-24(16)20)28(35)32-26(19-8-9-19)25-17(2)14-22(18(3)29-25)27(34)30-21-10-12-33(4)13-11-21/h5-7,17-19,21-23,25-26,29,31H,8-15H2,1-4H3,(H,30,34)(H,32,35). The average Bonchev–Trinajstić information content (AvgIpc) is 3.57. The van der Waals surface area contributed by atoms with E-state index in [1.54, 1.807) is 0 Å². The Hall–Kier alpha value is -2.12. The molecule has 1 saturated carbocycles. The third kappa shape index (κ3) is 5.36. The van der Waals surface area contributed by atoms with Crippen LogP contribution in [0.25, 0.3) is 0 Å². The van der Waals surface area contributed by atoms with Crippen LogP contribution in [0, 0.1) is 24.7 Å². The Labute approximate surface area is 210 Å². The number of aryl methyl sites for hydroxylation is 1. The number of carbonyl (C=O) groups excluding carboxylic acids is 2. The van der Waals surface area contributed by atoms with Crippen LogP contribution in [0.5, 0.6) is 0 Å². The molecule has 0 aromatic heterocycles. The van der Waals surface area contributed by atoms with Crippen LogP contribution in [0.2, 0.25) is 0 Å². The third-order valence-corrected chi connectivity index (χ3v) is 8.94. The quantitative estimate of drug-likeness (QED) is 0.502. The smallest absolute Gasteiger partial charge is 0.243 e. The minimum absolute atomic E-state index is 0.0227. The molecular weight excluding hydrogens is 438 g/mol. The molecule has 1 aromatic rings. The molecule has 3 heterocycles. The van der Waals surface area contributed by atoms with E-state index in [1.165, 1.54) is 24.0 Å². The van der Waals surface area contributed by atoms with E-state index >= 15 is 0 Å². The van der Waals surface area contributed by atoms with Crippen molar-refractivity contribution in [2.24, 2.45) is 17.8 Å². The van der Waals surface area contributed by atoms with Gasteiger partial charge in [0.15, 0.2) is 0 Å². The second-order valence-corrected chi connectivity index (χ2v) is 11.8. The number of amides is 2. The van der Waals surface area contributed by atoms with Gasteiger partial charge in [0.1, 0.15) is 6.04 Å². The molecule has 4 aliphatic rings. The largest absolute Gasteiger partial charge is 0.373 e. The molecular formula is C28H43N5O2. The van der Waals surface area contributed by atoms with E-state index in [-0.39, 0.29) is 41.9 Å². The number of hydrogen-bond donors (Lipinski definition) is 4. The van der Waals surface area contributed by atoms with Gasteiger partial charge in [0.25, 0.3) is 0 Å². The van der Waals surface area contributed by atoms with Gasteiger partial charge in [-0.1, -0.05) is 25.1 Å². The number of nitrogens with one attached hydrogen (secondary N) is 4. The fraction of sp³-hybridized carbons (Fsp3) is 0.714. The molecule has 0 radical (unpaired) electrons. The van der Waals surface area contributed by atoms with Crippen molar-refractivity contribution in [2.75, 3.05) is 25.5 Å². The second kappa shape index (κ2) is 10.1. The van der Waals surface area contributed by atoms with E-state index in [0.717, 1.165) is 44.5 Å². The number of anilines is 1. The molecule has 7 heteroatoms. The van der Waals surface area contributed by atoms with Gasteiger partial charge in [0, 0.05) is 36.3 Å².